The average molecular weight is 572 g/mol. The first-order valence-corrected chi connectivity index (χ1v) is 12.4. The summed E-state index contributed by atoms with van der Waals surface area (Å²) in [4.78, 5) is 15.2. The molecule has 0 radical (unpaired) electrons. The molecule has 3 aromatic carbocycles. The normalized spacial score (nSPS) is 11.0. The van der Waals surface area contributed by atoms with Crippen molar-refractivity contribution in [2.75, 3.05) is 0 Å². The van der Waals surface area contributed by atoms with Crippen LogP contribution >= 0.6 is 23.2 Å². The first-order chi connectivity index (χ1) is 17.8. The Labute approximate surface area is 272 Å². The van der Waals surface area contributed by atoms with Crippen LogP contribution < -0.4 is 61.2 Å². The Hall–Kier alpha value is -2.23. The van der Waals surface area contributed by atoms with Crippen LogP contribution in [-0.4, -0.2) is 16.1 Å². The summed E-state index contributed by atoms with van der Waals surface area (Å²) in [5, 5.41) is 17.1. The summed E-state index contributed by atoms with van der Waals surface area (Å²) in [6, 6.07) is 21.8. The predicted molar refractivity (Wildman–Crippen MR) is 142 cm³/mol. The molecular weight excluding hydrogens is 550 g/mol. The zero-order valence-electron chi connectivity index (χ0n) is 21.0. The number of nitrogens with zero attached hydrogens (tertiary/aromatic N) is 2. The Morgan fingerprint density at radius 3 is 2.32 bits per heavy atom. The molecule has 0 fully saturated rings. The van der Waals surface area contributed by atoms with E-state index >= 15 is 0 Å². The van der Waals surface area contributed by atoms with Crippen molar-refractivity contribution in [1.29, 1.82) is 0 Å². The first kappa shape index (κ1) is 28.8. The number of carboxylic acids is 1. The molecule has 2 heterocycles. The van der Waals surface area contributed by atoms with E-state index in [1.54, 1.807) is 30.3 Å². The van der Waals surface area contributed by atoms with Crippen LogP contribution in [0.2, 0.25) is 10.0 Å². The molecule has 186 valence electrons. The summed E-state index contributed by atoms with van der Waals surface area (Å²) in [6.07, 6.45) is 0. The number of halogens is 2. The third-order valence-electron chi connectivity index (χ3n) is 6.01. The molecule has 5 aromatic rings. The van der Waals surface area contributed by atoms with Crippen LogP contribution in [-0.2, 0) is 6.61 Å². The molecule has 0 spiro atoms. The molecule has 5 rings (SSSR count). The second kappa shape index (κ2) is 12.3. The number of carbonyl (C=O) groups excluding carboxylic acids is 1. The van der Waals surface area contributed by atoms with E-state index in [9.17, 15) is 9.90 Å². The Kier molecular flexibility index (Phi) is 9.31. The molecule has 0 aliphatic carbocycles. The van der Waals surface area contributed by atoms with Crippen LogP contribution in [0.4, 0.5) is 0 Å². The van der Waals surface area contributed by atoms with Gasteiger partial charge < -0.3 is 19.2 Å². The number of benzene rings is 3. The molecular formula is C29H21Cl2KN2O4. The van der Waals surface area contributed by atoms with Gasteiger partial charge >= 0.3 is 51.4 Å². The van der Waals surface area contributed by atoms with Crippen LogP contribution in [0.5, 0.6) is 5.75 Å². The number of rotatable bonds is 7. The monoisotopic (exact) mass is 570 g/mol. The number of aromatic carboxylic acids is 1. The second-order valence-corrected chi connectivity index (χ2v) is 9.64. The molecule has 0 atom stereocenters. The second-order valence-electron chi connectivity index (χ2n) is 8.83. The molecule has 2 aromatic heterocycles. The van der Waals surface area contributed by atoms with E-state index < -0.39 is 5.97 Å². The summed E-state index contributed by atoms with van der Waals surface area (Å²) >= 11 is 12.9. The van der Waals surface area contributed by atoms with Crippen LogP contribution in [0, 0.1) is 0 Å². The zero-order valence-corrected chi connectivity index (χ0v) is 25.6. The third-order valence-corrected chi connectivity index (χ3v) is 6.64. The van der Waals surface area contributed by atoms with Crippen LogP contribution in [0.15, 0.2) is 77.3 Å². The largest absolute Gasteiger partial charge is 1.00 e. The molecule has 0 aliphatic heterocycles. The Balaban J connectivity index is 0.00000336. The first-order valence-electron chi connectivity index (χ1n) is 11.6. The van der Waals surface area contributed by atoms with E-state index in [1.807, 2.05) is 50.2 Å². The fourth-order valence-electron chi connectivity index (χ4n) is 4.15. The van der Waals surface area contributed by atoms with E-state index in [0.717, 1.165) is 22.1 Å². The maximum atomic E-state index is 11.1. The summed E-state index contributed by atoms with van der Waals surface area (Å²) in [5.74, 6) is 0.190. The van der Waals surface area contributed by atoms with E-state index in [1.165, 1.54) is 6.07 Å². The summed E-state index contributed by atoms with van der Waals surface area (Å²) in [5.41, 5.74) is 4.45. The van der Waals surface area contributed by atoms with Gasteiger partial charge in [0.1, 0.15) is 23.8 Å². The molecule has 6 nitrogen and oxygen atoms in total. The van der Waals surface area contributed by atoms with Gasteiger partial charge in [0.05, 0.1) is 32.8 Å². The van der Waals surface area contributed by atoms with Crippen molar-refractivity contribution in [2.24, 2.45) is 0 Å². The van der Waals surface area contributed by atoms with Crippen molar-refractivity contribution < 1.29 is 70.5 Å². The minimum atomic E-state index is -1.30. The van der Waals surface area contributed by atoms with Gasteiger partial charge in [0.2, 0.25) is 0 Å². The van der Waals surface area contributed by atoms with Crippen molar-refractivity contribution in [3.63, 3.8) is 0 Å². The predicted octanol–water partition coefficient (Wildman–Crippen LogP) is 3.93. The summed E-state index contributed by atoms with van der Waals surface area (Å²) in [6.45, 7) is 4.28. The summed E-state index contributed by atoms with van der Waals surface area (Å²) in [7, 11) is 0. The number of carboxylic acid groups (broad SMARTS) is 1. The van der Waals surface area contributed by atoms with Gasteiger partial charge in [-0.1, -0.05) is 72.5 Å². The van der Waals surface area contributed by atoms with Gasteiger partial charge in [-0.3, -0.25) is 0 Å². The minimum absolute atomic E-state index is 0. The maximum absolute atomic E-state index is 11.1. The number of hydrogen-bond acceptors (Lipinski definition) is 6. The number of ether oxygens (including phenoxy) is 1. The van der Waals surface area contributed by atoms with Gasteiger partial charge in [-0.05, 0) is 53.6 Å². The van der Waals surface area contributed by atoms with Crippen molar-refractivity contribution >= 4 is 40.1 Å². The van der Waals surface area contributed by atoms with Crippen molar-refractivity contribution in [2.45, 2.75) is 26.4 Å². The molecule has 0 aliphatic rings. The Morgan fingerprint density at radius 2 is 1.66 bits per heavy atom. The number of pyridine rings is 1. The molecule has 0 saturated carbocycles. The average Bonchev–Trinajstić information content (AvgIpc) is 3.31. The van der Waals surface area contributed by atoms with Gasteiger partial charge in [0.25, 0.3) is 0 Å². The molecule has 0 unspecified atom stereocenters. The molecule has 9 heteroatoms. The van der Waals surface area contributed by atoms with Gasteiger partial charge in [-0.15, -0.1) is 0 Å². The standard InChI is InChI=1S/C29H22Cl2N2O4.K/c1-16(2)28-21(27(33-37-28)26-22(30)4-3-5-23(26)31)15-36-20-10-6-17(7-11-20)18-8-12-24-19(14-18)9-13-25(32-24)29(34)35;/h3-14,16H,15H2,1-2H3,(H,34,35);/q;+1/p-1. The fourth-order valence-corrected chi connectivity index (χ4v) is 4.73. The number of hydrogen-bond donors (Lipinski definition) is 0. The number of carbonyl (C=O) groups is 1. The van der Waals surface area contributed by atoms with Crippen LogP contribution in [0.1, 0.15) is 41.6 Å². The molecule has 38 heavy (non-hydrogen) atoms. The molecule has 0 saturated heterocycles. The van der Waals surface area contributed by atoms with Gasteiger partial charge in [0.15, 0.2) is 0 Å². The zero-order chi connectivity index (χ0) is 26.1. The maximum Gasteiger partial charge on any atom is 1.00 e. The topological polar surface area (TPSA) is 88.3 Å². The van der Waals surface area contributed by atoms with Crippen LogP contribution in [0.3, 0.4) is 0 Å². The fraction of sp³-hybridized carbons (Fsp3) is 0.138. The van der Waals surface area contributed by atoms with Gasteiger partial charge in [-0.2, -0.15) is 0 Å². The molecule has 0 amide bonds. The van der Waals surface area contributed by atoms with E-state index in [2.05, 4.69) is 10.1 Å². The minimum Gasteiger partial charge on any atom is -0.543 e. The Morgan fingerprint density at radius 1 is 0.974 bits per heavy atom. The Bertz CT molecular complexity index is 1600. The quantitative estimate of drug-likeness (QED) is 0.275. The van der Waals surface area contributed by atoms with E-state index in [0.29, 0.717) is 38.3 Å². The third kappa shape index (κ3) is 5.99. The van der Waals surface area contributed by atoms with Crippen LogP contribution in [0.25, 0.3) is 33.3 Å². The van der Waals surface area contributed by atoms with E-state index in [-0.39, 0.29) is 69.6 Å². The summed E-state index contributed by atoms with van der Waals surface area (Å²) < 4.78 is 11.8. The SMILES string of the molecule is CC(C)c1onc(-c2c(Cl)cccc2Cl)c1COc1ccc(-c2ccc3nc(C(=O)[O-])ccc3c2)cc1.[K+]. The van der Waals surface area contributed by atoms with Crippen molar-refractivity contribution in [3.05, 3.63) is 99.9 Å². The van der Waals surface area contributed by atoms with E-state index in [4.69, 9.17) is 32.5 Å². The molecule has 0 N–H and O–H groups in total. The molecule has 0 bridgehead atoms. The van der Waals surface area contributed by atoms with Gasteiger partial charge in [-0.25, -0.2) is 4.98 Å². The van der Waals surface area contributed by atoms with Crippen molar-refractivity contribution in [3.8, 4) is 28.1 Å². The number of fused-ring (bicyclic) bond motifs is 1. The van der Waals surface area contributed by atoms with Gasteiger partial charge in [0, 0.05) is 16.9 Å². The number of aromatic nitrogens is 2. The smallest absolute Gasteiger partial charge is 0.543 e. The van der Waals surface area contributed by atoms with Crippen molar-refractivity contribution in [1.82, 2.24) is 10.1 Å².